The van der Waals surface area contributed by atoms with Gasteiger partial charge in [0, 0.05) is 6.54 Å². The minimum Gasteiger partial charge on any atom is -0.444 e. The van der Waals surface area contributed by atoms with E-state index in [9.17, 15) is 4.79 Å². The SMILES string of the molecule is CN.CSCCCCCCCCCCNC(=O)OC(C)(C)C. The predicted octanol–water partition coefficient (Wildman–Crippen LogP) is 4.57. The van der Waals surface area contributed by atoms with Gasteiger partial charge in [-0.2, -0.15) is 11.8 Å². The molecule has 0 saturated carbocycles. The number of alkyl carbamates (subject to hydrolysis) is 1. The van der Waals surface area contributed by atoms with Gasteiger partial charge in [-0.05, 0) is 52.7 Å². The zero-order valence-corrected chi connectivity index (χ0v) is 16.2. The van der Waals surface area contributed by atoms with Gasteiger partial charge in [0.2, 0.25) is 0 Å². The summed E-state index contributed by atoms with van der Waals surface area (Å²) in [5, 5.41) is 2.80. The number of carbonyl (C=O) groups excluding carboxylic acids is 1. The Kier molecular flexibility index (Phi) is 18.4. The van der Waals surface area contributed by atoms with Gasteiger partial charge < -0.3 is 15.8 Å². The highest BCUT2D eigenvalue weighted by Crippen LogP contribution is 2.10. The van der Waals surface area contributed by atoms with E-state index in [1.54, 1.807) is 0 Å². The Morgan fingerprint density at radius 1 is 0.955 bits per heavy atom. The minimum absolute atomic E-state index is 0.300. The third-order valence-corrected chi connectivity index (χ3v) is 3.64. The number of hydrogen-bond donors (Lipinski definition) is 2. The molecule has 0 radical (unpaired) electrons. The van der Waals surface area contributed by atoms with Crippen LogP contribution in [0.5, 0.6) is 0 Å². The van der Waals surface area contributed by atoms with Gasteiger partial charge in [0.05, 0.1) is 0 Å². The molecule has 1 amide bonds. The Hall–Kier alpha value is -0.420. The Bertz CT molecular complexity index is 243. The smallest absolute Gasteiger partial charge is 0.407 e. The topological polar surface area (TPSA) is 64.3 Å². The number of rotatable bonds is 11. The lowest BCUT2D eigenvalue weighted by Crippen LogP contribution is -2.32. The number of amides is 1. The molecule has 0 bridgehead atoms. The molecule has 0 unspecified atom stereocenters. The Labute approximate surface area is 142 Å². The van der Waals surface area contributed by atoms with Crippen LogP contribution in [0.15, 0.2) is 0 Å². The molecule has 0 aliphatic rings. The third-order valence-electron chi connectivity index (χ3n) is 2.94. The maximum atomic E-state index is 11.4. The first-order valence-corrected chi connectivity index (χ1v) is 9.88. The fourth-order valence-electron chi connectivity index (χ4n) is 1.94. The predicted molar refractivity (Wildman–Crippen MR) is 99.7 cm³/mol. The summed E-state index contributed by atoms with van der Waals surface area (Å²) in [6.07, 6.45) is 12.2. The minimum atomic E-state index is -0.402. The molecule has 0 rings (SSSR count). The average Bonchev–Trinajstić information content (AvgIpc) is 2.45. The van der Waals surface area contributed by atoms with Crippen LogP contribution in [0.25, 0.3) is 0 Å². The molecule has 5 heteroatoms. The summed E-state index contributed by atoms with van der Waals surface area (Å²) in [7, 11) is 1.50. The van der Waals surface area contributed by atoms with Crippen LogP contribution in [0.3, 0.4) is 0 Å². The highest BCUT2D eigenvalue weighted by Gasteiger charge is 2.15. The van der Waals surface area contributed by atoms with E-state index in [-0.39, 0.29) is 6.09 Å². The lowest BCUT2D eigenvalue weighted by Gasteiger charge is -2.19. The zero-order valence-electron chi connectivity index (χ0n) is 15.4. The summed E-state index contributed by atoms with van der Waals surface area (Å²) in [5.74, 6) is 1.30. The van der Waals surface area contributed by atoms with E-state index in [0.717, 1.165) is 13.0 Å². The summed E-state index contributed by atoms with van der Waals surface area (Å²) >= 11 is 1.94. The van der Waals surface area contributed by atoms with Crippen molar-refractivity contribution in [2.75, 3.05) is 25.6 Å². The van der Waals surface area contributed by atoms with Crippen molar-refractivity contribution in [1.29, 1.82) is 0 Å². The maximum Gasteiger partial charge on any atom is 0.407 e. The molecule has 0 atom stereocenters. The van der Waals surface area contributed by atoms with Gasteiger partial charge in [0.15, 0.2) is 0 Å². The van der Waals surface area contributed by atoms with Crippen molar-refractivity contribution in [3.05, 3.63) is 0 Å². The number of ether oxygens (including phenoxy) is 1. The van der Waals surface area contributed by atoms with Gasteiger partial charge >= 0.3 is 6.09 Å². The second-order valence-electron chi connectivity index (χ2n) is 6.25. The number of thioether (sulfide) groups is 1. The molecule has 0 aromatic carbocycles. The molecule has 134 valence electrons. The normalized spacial score (nSPS) is 10.6. The lowest BCUT2D eigenvalue weighted by molar-refractivity contribution is 0.0527. The summed E-state index contributed by atoms with van der Waals surface area (Å²) in [4.78, 5) is 11.4. The van der Waals surface area contributed by atoms with Crippen LogP contribution in [0.1, 0.15) is 72.1 Å². The molecule has 4 nitrogen and oxygen atoms in total. The van der Waals surface area contributed by atoms with E-state index >= 15 is 0 Å². The summed E-state index contributed by atoms with van der Waals surface area (Å²) < 4.78 is 5.18. The fourth-order valence-corrected chi connectivity index (χ4v) is 2.43. The molecule has 0 fully saturated rings. The highest BCUT2D eigenvalue weighted by molar-refractivity contribution is 7.98. The Morgan fingerprint density at radius 3 is 1.86 bits per heavy atom. The van der Waals surface area contributed by atoms with Crippen molar-refractivity contribution in [2.24, 2.45) is 5.73 Å². The maximum absolute atomic E-state index is 11.4. The third kappa shape index (κ3) is 21.9. The number of nitrogens with one attached hydrogen (secondary N) is 1. The van der Waals surface area contributed by atoms with Crippen molar-refractivity contribution in [3.8, 4) is 0 Å². The van der Waals surface area contributed by atoms with Crippen molar-refractivity contribution >= 4 is 17.9 Å². The van der Waals surface area contributed by atoms with Gasteiger partial charge in [-0.15, -0.1) is 0 Å². The highest BCUT2D eigenvalue weighted by atomic mass is 32.2. The molecule has 22 heavy (non-hydrogen) atoms. The number of unbranched alkanes of at least 4 members (excludes halogenated alkanes) is 7. The molecule has 0 aliphatic carbocycles. The first-order valence-electron chi connectivity index (χ1n) is 8.49. The van der Waals surface area contributed by atoms with E-state index < -0.39 is 5.60 Å². The van der Waals surface area contributed by atoms with E-state index in [1.165, 1.54) is 57.7 Å². The summed E-state index contributed by atoms with van der Waals surface area (Å²) in [6.45, 7) is 6.37. The quantitative estimate of drug-likeness (QED) is 0.543. The van der Waals surface area contributed by atoms with Crippen LogP contribution in [0, 0.1) is 0 Å². The first kappa shape index (κ1) is 23.8. The Morgan fingerprint density at radius 2 is 1.41 bits per heavy atom. The van der Waals surface area contributed by atoms with E-state index in [4.69, 9.17) is 4.74 Å². The van der Waals surface area contributed by atoms with Gasteiger partial charge in [0.1, 0.15) is 5.60 Å². The van der Waals surface area contributed by atoms with Crippen LogP contribution >= 0.6 is 11.8 Å². The van der Waals surface area contributed by atoms with Crippen LogP contribution in [-0.2, 0) is 4.74 Å². The number of hydrogen-bond acceptors (Lipinski definition) is 4. The molecule has 0 heterocycles. The molecule has 3 N–H and O–H groups in total. The summed E-state index contributed by atoms with van der Waals surface area (Å²) in [6, 6.07) is 0. The zero-order chi connectivity index (χ0) is 17.3. The van der Waals surface area contributed by atoms with Crippen LogP contribution < -0.4 is 11.1 Å². The van der Waals surface area contributed by atoms with Gasteiger partial charge in [0.25, 0.3) is 0 Å². The van der Waals surface area contributed by atoms with E-state index in [1.807, 2.05) is 32.5 Å². The largest absolute Gasteiger partial charge is 0.444 e. The van der Waals surface area contributed by atoms with Crippen LogP contribution in [0.4, 0.5) is 4.79 Å². The first-order chi connectivity index (χ1) is 10.5. The van der Waals surface area contributed by atoms with Gasteiger partial charge in [-0.3, -0.25) is 0 Å². The Balaban J connectivity index is 0. The van der Waals surface area contributed by atoms with Crippen LogP contribution in [0.2, 0.25) is 0 Å². The van der Waals surface area contributed by atoms with Crippen molar-refractivity contribution < 1.29 is 9.53 Å². The molecule has 0 aliphatic heterocycles. The van der Waals surface area contributed by atoms with E-state index in [0.29, 0.717) is 0 Å². The van der Waals surface area contributed by atoms with Crippen molar-refractivity contribution in [2.45, 2.75) is 77.7 Å². The van der Waals surface area contributed by atoms with Crippen molar-refractivity contribution in [3.63, 3.8) is 0 Å². The fraction of sp³-hybridized carbons (Fsp3) is 0.941. The standard InChI is InChI=1S/C16H33NO2S.CH5N/c1-16(2,3)19-15(18)17-13-11-9-7-5-6-8-10-12-14-20-4;1-2/h5-14H2,1-4H3,(H,17,18);2H2,1H3. The summed E-state index contributed by atoms with van der Waals surface area (Å²) in [5.41, 5.74) is 4.10. The van der Waals surface area contributed by atoms with Gasteiger partial charge in [-0.1, -0.05) is 38.5 Å². The second kappa shape index (κ2) is 16.9. The van der Waals surface area contributed by atoms with E-state index in [2.05, 4.69) is 17.3 Å². The van der Waals surface area contributed by atoms with Crippen molar-refractivity contribution in [1.82, 2.24) is 5.32 Å². The monoisotopic (exact) mass is 334 g/mol. The molecule has 0 aromatic heterocycles. The molecular formula is C17H38N2O2S. The number of carbonyl (C=O) groups is 1. The molecule has 0 spiro atoms. The van der Waals surface area contributed by atoms with Gasteiger partial charge in [-0.25, -0.2) is 4.79 Å². The molecular weight excluding hydrogens is 296 g/mol. The molecule has 0 aromatic rings. The van der Waals surface area contributed by atoms with Crippen LogP contribution in [-0.4, -0.2) is 37.3 Å². The molecule has 0 saturated heterocycles. The average molecular weight is 335 g/mol. The lowest BCUT2D eigenvalue weighted by atomic mass is 10.1. The second-order valence-corrected chi connectivity index (χ2v) is 7.24. The number of nitrogens with two attached hydrogens (primary N) is 1.